The maximum atomic E-state index is 11.1. The minimum atomic E-state index is -1.91. The molecule has 7 heteroatoms. The Kier molecular flexibility index (Phi) is 9.25. The number of cyclic esters (lactones) is 2. The maximum Gasteiger partial charge on any atom is 0.316 e. The molecular formula is C14H32N2O4Si. The van der Waals surface area contributed by atoms with Gasteiger partial charge in [-0.3, -0.25) is 9.59 Å². The normalized spacial score (nSPS) is 16.8. The molecule has 6 nitrogen and oxygen atoms in total. The average molecular weight is 321 g/mol. The van der Waals surface area contributed by atoms with Crippen LogP contribution in [0.15, 0.2) is 0 Å². The fourth-order valence-corrected chi connectivity index (χ4v) is 2.68. The van der Waals surface area contributed by atoms with Gasteiger partial charge in [-0.2, -0.15) is 0 Å². The van der Waals surface area contributed by atoms with Crippen LogP contribution in [0.1, 0.15) is 47.5 Å². The average Bonchev–Trinajstić information content (AvgIpc) is 2.10. The van der Waals surface area contributed by atoms with E-state index in [1.165, 1.54) is 0 Å². The van der Waals surface area contributed by atoms with Gasteiger partial charge in [-0.25, -0.2) is 0 Å². The molecule has 126 valence electrons. The van der Waals surface area contributed by atoms with E-state index in [4.69, 9.17) is 10.2 Å². The van der Waals surface area contributed by atoms with Crippen molar-refractivity contribution >= 4 is 20.3 Å². The van der Waals surface area contributed by atoms with E-state index in [2.05, 4.69) is 38.6 Å². The van der Waals surface area contributed by atoms with E-state index < -0.39 is 20.3 Å². The quantitative estimate of drug-likeness (QED) is 0.459. The number of ether oxygens (including phenoxy) is 1. The van der Waals surface area contributed by atoms with E-state index in [1.54, 1.807) is 0 Å². The molecule has 0 atom stereocenters. The Hall–Kier alpha value is -0.763. The van der Waals surface area contributed by atoms with Gasteiger partial charge in [0.25, 0.3) is 0 Å². The summed E-state index contributed by atoms with van der Waals surface area (Å²) in [6.45, 7) is 14.5. The summed E-state index contributed by atoms with van der Waals surface area (Å²) in [7, 11) is -1.91. The van der Waals surface area contributed by atoms with Crippen molar-refractivity contribution in [2.45, 2.75) is 77.7 Å². The van der Waals surface area contributed by atoms with Crippen LogP contribution in [0.2, 0.25) is 18.1 Å². The molecule has 0 spiro atoms. The highest BCUT2D eigenvalue weighted by Gasteiger charge is 2.41. The van der Waals surface area contributed by atoms with Gasteiger partial charge < -0.3 is 21.0 Å². The number of carbonyl (C=O) groups is 2. The van der Waals surface area contributed by atoms with E-state index in [0.29, 0.717) is 6.04 Å². The summed E-state index contributed by atoms with van der Waals surface area (Å²) in [4.78, 5) is 22.2. The highest BCUT2D eigenvalue weighted by Crippen LogP contribution is 2.38. The molecule has 21 heavy (non-hydrogen) atoms. The van der Waals surface area contributed by atoms with Crippen molar-refractivity contribution in [2.24, 2.45) is 5.73 Å². The molecule has 0 unspecified atom stereocenters. The first-order valence-corrected chi connectivity index (χ1v) is 9.93. The smallest absolute Gasteiger partial charge is 0.316 e. The molecular weight excluding hydrogens is 288 g/mol. The Labute approximate surface area is 129 Å². The molecule has 0 aromatic carbocycles. The monoisotopic (exact) mass is 320 g/mol. The van der Waals surface area contributed by atoms with Crippen LogP contribution >= 0.6 is 0 Å². The molecule has 0 aromatic rings. The van der Waals surface area contributed by atoms with E-state index in [0.717, 1.165) is 0 Å². The molecule has 1 saturated heterocycles. The van der Waals surface area contributed by atoms with Gasteiger partial charge in [-0.05, 0) is 24.2 Å². The second-order valence-corrected chi connectivity index (χ2v) is 11.8. The van der Waals surface area contributed by atoms with Crippen molar-refractivity contribution in [2.75, 3.05) is 0 Å². The summed E-state index contributed by atoms with van der Waals surface area (Å²) in [6.07, 6.45) is 0.0888. The zero-order valence-corrected chi connectivity index (χ0v) is 15.5. The highest BCUT2D eigenvalue weighted by molar-refractivity contribution is 6.74. The largest absolute Gasteiger partial charge is 0.413 e. The lowest BCUT2D eigenvalue weighted by molar-refractivity contribution is -0.167. The van der Waals surface area contributed by atoms with Crippen LogP contribution in [0.25, 0.3) is 0 Å². The number of hydrogen-bond acceptors (Lipinski definition) is 6. The van der Waals surface area contributed by atoms with Gasteiger partial charge in [0.1, 0.15) is 0 Å². The third-order valence-corrected chi connectivity index (χ3v) is 7.82. The van der Waals surface area contributed by atoms with Crippen LogP contribution in [0.5, 0.6) is 0 Å². The van der Waals surface area contributed by atoms with Crippen molar-refractivity contribution in [1.29, 1.82) is 0 Å². The van der Waals surface area contributed by atoms with Gasteiger partial charge in [0.05, 0.1) is 18.9 Å². The van der Waals surface area contributed by atoms with Gasteiger partial charge in [0.15, 0.2) is 8.32 Å². The summed E-state index contributed by atoms with van der Waals surface area (Å²) in [6, 6.07) is 0.333. The molecule has 1 fully saturated rings. The molecule has 1 rings (SSSR count). The topological polar surface area (TPSA) is 114 Å². The van der Waals surface area contributed by atoms with Gasteiger partial charge in [0, 0.05) is 0 Å². The summed E-state index contributed by atoms with van der Waals surface area (Å²) in [5.41, 5.74) is 5.11. The van der Waals surface area contributed by atoms with Crippen LogP contribution in [0.3, 0.4) is 0 Å². The molecule has 0 bridgehead atoms. The van der Waals surface area contributed by atoms with Gasteiger partial charge in [-0.1, -0.05) is 34.6 Å². The summed E-state index contributed by atoms with van der Waals surface area (Å²) in [5, 5.41) is 0.0808. The first kappa shape index (κ1) is 22.5. The van der Waals surface area contributed by atoms with E-state index in [9.17, 15) is 9.59 Å². The van der Waals surface area contributed by atoms with Crippen molar-refractivity contribution in [3.05, 3.63) is 0 Å². The van der Waals surface area contributed by atoms with E-state index in [-0.39, 0.29) is 30.1 Å². The molecule has 0 aliphatic carbocycles. The first-order valence-electron chi connectivity index (χ1n) is 7.02. The number of hydrogen-bond donors (Lipinski definition) is 2. The van der Waals surface area contributed by atoms with E-state index in [1.807, 2.05) is 13.8 Å². The molecule has 0 aromatic heterocycles. The molecule has 1 heterocycles. The molecule has 1 aliphatic heterocycles. The Morgan fingerprint density at radius 3 is 1.81 bits per heavy atom. The fourth-order valence-electron chi connectivity index (χ4n) is 1.33. The Balaban J connectivity index is 0. The molecule has 0 saturated carbocycles. The standard InChI is InChI=1S/C11H20O4Si.C3H9N.H3N/c1-11(2,3)16(4,5)15-8-6-9(12)14-10(13)7-8;1-3(2)4;/h8H,6-7H2,1-5H3;3H,4H2,1-2H3;1H3. The number of nitrogens with two attached hydrogens (primary N) is 1. The minimum Gasteiger partial charge on any atom is -0.413 e. The Morgan fingerprint density at radius 2 is 1.52 bits per heavy atom. The van der Waals surface area contributed by atoms with Crippen LogP contribution < -0.4 is 11.9 Å². The number of carbonyl (C=O) groups excluding carboxylic acids is 2. The lowest BCUT2D eigenvalue weighted by Crippen LogP contribution is -2.46. The lowest BCUT2D eigenvalue weighted by atomic mass is 10.1. The second kappa shape index (κ2) is 8.62. The Bertz CT molecular complexity index is 333. The maximum absolute atomic E-state index is 11.1. The SMILES string of the molecule is CC(C)(C)[Si](C)(C)OC1CC(=O)OC(=O)C1.CC(C)N.N. The summed E-state index contributed by atoms with van der Waals surface area (Å²) >= 11 is 0. The zero-order chi connectivity index (χ0) is 16.1. The van der Waals surface area contributed by atoms with Crippen LogP contribution in [-0.2, 0) is 18.8 Å². The zero-order valence-electron chi connectivity index (χ0n) is 14.5. The number of rotatable bonds is 2. The van der Waals surface area contributed by atoms with Crippen molar-refractivity contribution in [1.82, 2.24) is 6.15 Å². The first-order chi connectivity index (χ1) is 8.85. The lowest BCUT2D eigenvalue weighted by Gasteiger charge is -2.39. The molecule has 1 aliphatic rings. The van der Waals surface area contributed by atoms with Crippen molar-refractivity contribution in [3.63, 3.8) is 0 Å². The van der Waals surface area contributed by atoms with Crippen molar-refractivity contribution < 1.29 is 18.8 Å². The highest BCUT2D eigenvalue weighted by atomic mass is 28.4. The fraction of sp³-hybridized carbons (Fsp3) is 0.857. The predicted octanol–water partition coefficient (Wildman–Crippen LogP) is 2.76. The van der Waals surface area contributed by atoms with Gasteiger partial charge in [0.2, 0.25) is 0 Å². The van der Waals surface area contributed by atoms with Gasteiger partial charge in [-0.15, -0.1) is 0 Å². The van der Waals surface area contributed by atoms with Crippen LogP contribution in [0.4, 0.5) is 0 Å². The summed E-state index contributed by atoms with van der Waals surface area (Å²) < 4.78 is 10.5. The summed E-state index contributed by atoms with van der Waals surface area (Å²) in [5.74, 6) is -0.945. The molecule has 0 radical (unpaired) electrons. The Morgan fingerprint density at radius 1 is 1.19 bits per heavy atom. The number of esters is 2. The van der Waals surface area contributed by atoms with Gasteiger partial charge >= 0.3 is 11.9 Å². The molecule has 5 N–H and O–H groups in total. The van der Waals surface area contributed by atoms with Crippen molar-refractivity contribution in [3.8, 4) is 0 Å². The molecule has 0 amide bonds. The third kappa shape index (κ3) is 8.97. The second-order valence-electron chi connectivity index (χ2n) is 7.00. The third-order valence-electron chi connectivity index (χ3n) is 3.28. The predicted molar refractivity (Wildman–Crippen MR) is 86.7 cm³/mol. The van der Waals surface area contributed by atoms with Crippen LogP contribution in [-0.4, -0.2) is 32.4 Å². The van der Waals surface area contributed by atoms with Crippen LogP contribution in [0, 0.1) is 0 Å². The minimum absolute atomic E-state index is 0. The van der Waals surface area contributed by atoms with E-state index >= 15 is 0 Å².